The number of hydrogen-bond donors (Lipinski definition) is 0. The molecule has 0 bridgehead atoms. The van der Waals surface area contributed by atoms with Crippen LogP contribution in [0.25, 0.3) is 11.5 Å². The zero-order valence-corrected chi connectivity index (χ0v) is 12.0. The summed E-state index contributed by atoms with van der Waals surface area (Å²) < 4.78 is 33.3. The summed E-state index contributed by atoms with van der Waals surface area (Å²) in [7, 11) is -4.28. The van der Waals surface area contributed by atoms with E-state index < -0.39 is 10.4 Å². The van der Waals surface area contributed by atoms with E-state index in [0.717, 1.165) is 0 Å². The number of benzene rings is 2. The average molecular weight is 302 g/mol. The van der Waals surface area contributed by atoms with Gasteiger partial charge >= 0.3 is 10.4 Å². The summed E-state index contributed by atoms with van der Waals surface area (Å²) in [5, 5.41) is 0. The van der Waals surface area contributed by atoms with Crippen molar-refractivity contribution in [2.45, 2.75) is 0 Å². The fraction of sp³-hybridized carbons (Fsp3) is 0. The Bertz CT molecular complexity index is 675. The zero-order valence-electron chi connectivity index (χ0n) is 11.2. The Labute approximate surface area is 124 Å². The minimum absolute atomic E-state index is 0.0172. The van der Waals surface area contributed by atoms with E-state index in [2.05, 4.69) is 13.2 Å². The summed E-state index contributed by atoms with van der Waals surface area (Å²) in [5.74, 6) is -0.0343. The quantitative estimate of drug-likeness (QED) is 0.765. The fourth-order valence-corrected chi connectivity index (χ4v) is 2.33. The Morgan fingerprint density at radius 2 is 1.05 bits per heavy atom. The first-order valence-corrected chi connectivity index (χ1v) is 7.44. The maximum Gasteiger partial charge on any atom is 0.500 e. The van der Waals surface area contributed by atoms with E-state index in [4.69, 9.17) is 8.37 Å². The molecule has 5 heteroatoms. The third-order valence-electron chi connectivity index (χ3n) is 2.60. The van der Waals surface area contributed by atoms with Crippen molar-refractivity contribution >= 4 is 21.9 Å². The van der Waals surface area contributed by atoms with Crippen LogP contribution in [0.4, 0.5) is 0 Å². The Balaban J connectivity index is 2.06. The van der Waals surface area contributed by atoms with Gasteiger partial charge in [-0.1, -0.05) is 73.8 Å². The molecule has 21 heavy (non-hydrogen) atoms. The summed E-state index contributed by atoms with van der Waals surface area (Å²) in [6, 6.07) is 17.3. The van der Waals surface area contributed by atoms with E-state index in [-0.39, 0.29) is 11.5 Å². The van der Waals surface area contributed by atoms with Crippen LogP contribution in [0.3, 0.4) is 0 Å². The van der Waals surface area contributed by atoms with Crippen LogP contribution in [0.2, 0.25) is 0 Å². The largest absolute Gasteiger partial charge is 0.500 e. The average Bonchev–Trinajstić information content (AvgIpc) is 2.48. The molecule has 0 amide bonds. The summed E-state index contributed by atoms with van der Waals surface area (Å²) in [4.78, 5) is 0. The van der Waals surface area contributed by atoms with Crippen LogP contribution in [0, 0.1) is 0 Å². The van der Waals surface area contributed by atoms with Crippen molar-refractivity contribution in [2.24, 2.45) is 0 Å². The second-order valence-electron chi connectivity index (χ2n) is 4.15. The minimum Gasteiger partial charge on any atom is -0.353 e. The highest BCUT2D eigenvalue weighted by atomic mass is 32.3. The minimum atomic E-state index is -4.28. The molecule has 2 aromatic carbocycles. The second-order valence-corrected chi connectivity index (χ2v) is 5.30. The summed E-state index contributed by atoms with van der Waals surface area (Å²) in [5.41, 5.74) is 1.10. The van der Waals surface area contributed by atoms with Gasteiger partial charge < -0.3 is 8.37 Å². The molecule has 4 nitrogen and oxygen atoms in total. The van der Waals surface area contributed by atoms with Crippen LogP contribution in [0.15, 0.2) is 73.8 Å². The molecule has 0 aliphatic carbocycles. The lowest BCUT2D eigenvalue weighted by molar-refractivity contribution is 0.361. The van der Waals surface area contributed by atoms with Crippen molar-refractivity contribution in [2.75, 3.05) is 0 Å². The molecule has 0 fully saturated rings. The lowest BCUT2D eigenvalue weighted by Gasteiger charge is -2.11. The normalized spacial score (nSPS) is 10.7. The molecular formula is C16H14O4S. The van der Waals surface area contributed by atoms with Gasteiger partial charge in [-0.3, -0.25) is 0 Å². The molecule has 0 heterocycles. The monoisotopic (exact) mass is 302 g/mol. The van der Waals surface area contributed by atoms with Crippen LogP contribution in [0.5, 0.6) is 0 Å². The van der Waals surface area contributed by atoms with E-state index in [0.29, 0.717) is 11.1 Å². The SMILES string of the molecule is C=C(OS(=O)(=O)OC(=C)c1ccccc1)c1ccccc1. The maximum atomic E-state index is 11.8. The van der Waals surface area contributed by atoms with Crippen LogP contribution in [0.1, 0.15) is 11.1 Å². The summed E-state index contributed by atoms with van der Waals surface area (Å²) in [6.07, 6.45) is 0. The van der Waals surface area contributed by atoms with Crippen LogP contribution >= 0.6 is 0 Å². The van der Waals surface area contributed by atoms with Gasteiger partial charge in [0.25, 0.3) is 0 Å². The van der Waals surface area contributed by atoms with Gasteiger partial charge in [0.15, 0.2) is 0 Å². The number of hydrogen-bond acceptors (Lipinski definition) is 4. The number of rotatable bonds is 6. The maximum absolute atomic E-state index is 11.8. The predicted octanol–water partition coefficient (Wildman–Crippen LogP) is 3.61. The first kappa shape index (κ1) is 14.9. The molecule has 108 valence electrons. The molecule has 0 aromatic heterocycles. The lowest BCUT2D eigenvalue weighted by atomic mass is 10.2. The van der Waals surface area contributed by atoms with Gasteiger partial charge in [0.05, 0.1) is 0 Å². The zero-order chi connectivity index (χ0) is 15.3. The Morgan fingerprint density at radius 3 is 1.38 bits per heavy atom. The van der Waals surface area contributed by atoms with Crippen molar-refractivity contribution in [3.63, 3.8) is 0 Å². The Morgan fingerprint density at radius 1 is 0.714 bits per heavy atom. The van der Waals surface area contributed by atoms with Gasteiger partial charge in [0, 0.05) is 11.1 Å². The molecule has 0 saturated carbocycles. The van der Waals surface area contributed by atoms with E-state index in [1.807, 2.05) is 0 Å². The Kier molecular flexibility index (Phi) is 4.45. The van der Waals surface area contributed by atoms with Gasteiger partial charge in [0.1, 0.15) is 11.5 Å². The third kappa shape index (κ3) is 4.22. The van der Waals surface area contributed by atoms with E-state index >= 15 is 0 Å². The summed E-state index contributed by atoms with van der Waals surface area (Å²) in [6.45, 7) is 7.16. The summed E-state index contributed by atoms with van der Waals surface area (Å²) >= 11 is 0. The highest BCUT2D eigenvalue weighted by molar-refractivity contribution is 7.82. The van der Waals surface area contributed by atoms with E-state index in [1.54, 1.807) is 60.7 Å². The molecule has 2 aromatic rings. The first-order chi connectivity index (χ1) is 9.98. The van der Waals surface area contributed by atoms with E-state index in [1.165, 1.54) is 0 Å². The van der Waals surface area contributed by atoms with Crippen molar-refractivity contribution < 1.29 is 16.8 Å². The molecular weight excluding hydrogens is 288 g/mol. The van der Waals surface area contributed by atoms with Crippen molar-refractivity contribution in [3.05, 3.63) is 84.9 Å². The molecule has 0 N–H and O–H groups in total. The van der Waals surface area contributed by atoms with Gasteiger partial charge in [0.2, 0.25) is 0 Å². The first-order valence-electron chi connectivity index (χ1n) is 6.10. The second kappa shape index (κ2) is 6.28. The lowest BCUT2D eigenvalue weighted by Crippen LogP contribution is -2.08. The van der Waals surface area contributed by atoms with Crippen LogP contribution in [-0.2, 0) is 18.8 Å². The van der Waals surface area contributed by atoms with Crippen LogP contribution < -0.4 is 0 Å². The van der Waals surface area contributed by atoms with Gasteiger partial charge in [-0.25, -0.2) is 0 Å². The van der Waals surface area contributed by atoms with Crippen molar-refractivity contribution in [1.82, 2.24) is 0 Å². The van der Waals surface area contributed by atoms with Crippen molar-refractivity contribution in [1.29, 1.82) is 0 Å². The molecule has 0 saturated heterocycles. The molecule has 2 rings (SSSR count). The van der Waals surface area contributed by atoms with Gasteiger partial charge in [-0.2, -0.15) is 0 Å². The predicted molar refractivity (Wildman–Crippen MR) is 82.0 cm³/mol. The highest BCUT2D eigenvalue weighted by Gasteiger charge is 2.18. The van der Waals surface area contributed by atoms with E-state index in [9.17, 15) is 8.42 Å². The van der Waals surface area contributed by atoms with Gasteiger partial charge in [-0.15, -0.1) is 8.42 Å². The van der Waals surface area contributed by atoms with Gasteiger partial charge in [-0.05, 0) is 0 Å². The molecule has 0 spiro atoms. The molecule has 0 unspecified atom stereocenters. The van der Waals surface area contributed by atoms with Crippen molar-refractivity contribution in [3.8, 4) is 0 Å². The molecule has 0 aliphatic heterocycles. The smallest absolute Gasteiger partial charge is 0.353 e. The standard InChI is InChI=1S/C16H14O4S/c1-13(15-9-5-3-6-10-15)19-21(17,18)20-14(2)16-11-7-4-8-12-16/h3-12H,1-2H2. The molecule has 0 aliphatic rings. The molecule has 0 radical (unpaired) electrons. The molecule has 0 atom stereocenters. The Hall–Kier alpha value is -2.53. The van der Waals surface area contributed by atoms with Crippen LogP contribution in [-0.4, -0.2) is 8.42 Å². The fourth-order valence-electron chi connectivity index (χ4n) is 1.61. The topological polar surface area (TPSA) is 52.6 Å². The third-order valence-corrected chi connectivity index (χ3v) is 3.41. The highest BCUT2D eigenvalue weighted by Crippen LogP contribution is 2.21.